The number of aryl methyl sites for hydroxylation is 1. The number of ether oxygens (including phenoxy) is 1. The van der Waals surface area contributed by atoms with E-state index in [0.29, 0.717) is 19.4 Å². The number of nitrogens with one attached hydrogen (secondary N) is 1. The Kier molecular flexibility index (Phi) is 3.46. The Morgan fingerprint density at radius 3 is 2.90 bits per heavy atom. The molecule has 1 N–H and O–H groups in total. The van der Waals surface area contributed by atoms with Crippen molar-refractivity contribution in [3.63, 3.8) is 0 Å². The van der Waals surface area contributed by atoms with Crippen LogP contribution < -0.4 is 10.1 Å². The van der Waals surface area contributed by atoms with E-state index in [2.05, 4.69) is 5.32 Å². The fraction of sp³-hybridized carbons (Fsp3) is 0.312. The van der Waals surface area contributed by atoms with Gasteiger partial charge >= 0.3 is 0 Å². The monoisotopic (exact) mass is 271 g/mol. The number of para-hydroxylation sites is 1. The average molecular weight is 271 g/mol. The molecule has 2 heterocycles. The molecule has 4 nitrogen and oxygen atoms in total. The minimum atomic E-state index is -0.411. The lowest BCUT2D eigenvalue weighted by Crippen LogP contribution is -2.38. The molecule has 0 fully saturated rings. The molecule has 0 radical (unpaired) electrons. The second-order valence-electron chi connectivity index (χ2n) is 4.97. The van der Waals surface area contributed by atoms with Gasteiger partial charge in [0.2, 0.25) is 0 Å². The number of carbonyl (C=O) groups is 1. The number of amides is 1. The molecule has 1 amide bonds. The zero-order valence-electron chi connectivity index (χ0n) is 11.4. The van der Waals surface area contributed by atoms with Crippen LogP contribution in [0.25, 0.3) is 0 Å². The van der Waals surface area contributed by atoms with E-state index in [1.54, 1.807) is 0 Å². The van der Waals surface area contributed by atoms with E-state index in [9.17, 15) is 4.79 Å². The van der Waals surface area contributed by atoms with Crippen LogP contribution in [0.1, 0.15) is 17.1 Å². The number of fused-ring (bicyclic) bond motifs is 1. The molecular weight excluding hydrogens is 254 g/mol. The van der Waals surface area contributed by atoms with Crippen molar-refractivity contribution in [2.75, 3.05) is 6.54 Å². The van der Waals surface area contributed by atoms with Gasteiger partial charge in [-0.05, 0) is 30.7 Å². The summed E-state index contributed by atoms with van der Waals surface area (Å²) in [4.78, 5) is 12.0. The van der Waals surface area contributed by atoms with Gasteiger partial charge in [0.1, 0.15) is 17.3 Å². The van der Waals surface area contributed by atoms with Gasteiger partial charge in [-0.3, -0.25) is 4.79 Å². The lowest BCUT2D eigenvalue weighted by Gasteiger charge is -2.10. The number of furan rings is 1. The molecule has 0 spiro atoms. The maximum Gasteiger partial charge on any atom is 0.261 e. The topological polar surface area (TPSA) is 51.5 Å². The van der Waals surface area contributed by atoms with E-state index < -0.39 is 6.10 Å². The SMILES string of the molecule is Cc1ccc(CCNC(=O)C2Cc3ccccc3O2)o1. The molecule has 3 rings (SSSR count). The molecule has 0 saturated heterocycles. The van der Waals surface area contributed by atoms with Gasteiger partial charge in [-0.15, -0.1) is 0 Å². The van der Waals surface area contributed by atoms with Gasteiger partial charge in [0.05, 0.1) is 0 Å². The molecule has 1 aromatic heterocycles. The molecule has 4 heteroatoms. The molecule has 1 aliphatic heterocycles. The van der Waals surface area contributed by atoms with E-state index in [-0.39, 0.29) is 5.91 Å². The third-order valence-electron chi connectivity index (χ3n) is 3.41. The molecule has 1 unspecified atom stereocenters. The van der Waals surface area contributed by atoms with E-state index in [1.165, 1.54) is 0 Å². The molecule has 1 aromatic carbocycles. The first-order valence-corrected chi connectivity index (χ1v) is 6.80. The molecular formula is C16H17NO3. The summed E-state index contributed by atoms with van der Waals surface area (Å²) in [5.41, 5.74) is 1.09. The maximum atomic E-state index is 12.0. The van der Waals surface area contributed by atoms with Gasteiger partial charge in [0.15, 0.2) is 6.10 Å². The molecule has 1 aliphatic rings. The van der Waals surface area contributed by atoms with Crippen LogP contribution in [0.3, 0.4) is 0 Å². The number of benzene rings is 1. The van der Waals surface area contributed by atoms with Gasteiger partial charge < -0.3 is 14.5 Å². The van der Waals surface area contributed by atoms with Gasteiger partial charge in [-0.1, -0.05) is 18.2 Å². The standard InChI is InChI=1S/C16H17NO3/c1-11-6-7-13(19-11)8-9-17-16(18)15-10-12-4-2-3-5-14(12)20-15/h2-7,15H,8-10H2,1H3,(H,17,18). The summed E-state index contributed by atoms with van der Waals surface area (Å²) in [5.74, 6) is 2.53. The Bertz CT molecular complexity index is 593. The summed E-state index contributed by atoms with van der Waals surface area (Å²) in [6, 6.07) is 11.6. The van der Waals surface area contributed by atoms with E-state index in [1.807, 2.05) is 43.3 Å². The van der Waals surface area contributed by atoms with Gasteiger partial charge in [0.25, 0.3) is 5.91 Å². The zero-order chi connectivity index (χ0) is 13.9. The predicted molar refractivity (Wildman–Crippen MR) is 74.7 cm³/mol. The lowest BCUT2D eigenvalue weighted by atomic mass is 10.1. The average Bonchev–Trinajstić information content (AvgIpc) is 3.04. The number of carbonyl (C=O) groups excluding carboxylic acids is 1. The molecule has 20 heavy (non-hydrogen) atoms. The number of hydrogen-bond acceptors (Lipinski definition) is 3. The smallest absolute Gasteiger partial charge is 0.261 e. The van der Waals surface area contributed by atoms with Gasteiger partial charge in [-0.2, -0.15) is 0 Å². The van der Waals surface area contributed by atoms with Crippen LogP contribution >= 0.6 is 0 Å². The van der Waals surface area contributed by atoms with Crippen molar-refractivity contribution in [3.05, 3.63) is 53.5 Å². The second-order valence-corrected chi connectivity index (χ2v) is 4.97. The molecule has 104 valence electrons. The minimum Gasteiger partial charge on any atom is -0.480 e. The van der Waals surface area contributed by atoms with Crippen LogP contribution in [0, 0.1) is 6.92 Å². The van der Waals surface area contributed by atoms with Crippen molar-refractivity contribution >= 4 is 5.91 Å². The van der Waals surface area contributed by atoms with Crippen molar-refractivity contribution < 1.29 is 13.9 Å². The Morgan fingerprint density at radius 2 is 2.15 bits per heavy atom. The van der Waals surface area contributed by atoms with Crippen LogP contribution in [0.2, 0.25) is 0 Å². The highest BCUT2D eigenvalue weighted by atomic mass is 16.5. The summed E-state index contributed by atoms with van der Waals surface area (Å²) in [6.45, 7) is 2.47. The van der Waals surface area contributed by atoms with Crippen LogP contribution in [-0.4, -0.2) is 18.6 Å². The summed E-state index contributed by atoms with van der Waals surface area (Å²) in [5, 5.41) is 2.89. The van der Waals surface area contributed by atoms with Crippen molar-refractivity contribution in [1.29, 1.82) is 0 Å². The minimum absolute atomic E-state index is 0.0653. The first-order valence-electron chi connectivity index (χ1n) is 6.80. The third kappa shape index (κ3) is 2.69. The Labute approximate surface area is 117 Å². The Morgan fingerprint density at radius 1 is 1.30 bits per heavy atom. The van der Waals surface area contributed by atoms with Crippen LogP contribution in [0.15, 0.2) is 40.8 Å². The number of rotatable bonds is 4. The Hall–Kier alpha value is -2.23. The maximum absolute atomic E-state index is 12.0. The third-order valence-corrected chi connectivity index (χ3v) is 3.41. The van der Waals surface area contributed by atoms with Crippen molar-refractivity contribution in [2.24, 2.45) is 0 Å². The fourth-order valence-electron chi connectivity index (χ4n) is 2.37. The highest BCUT2D eigenvalue weighted by Crippen LogP contribution is 2.28. The quantitative estimate of drug-likeness (QED) is 0.928. The van der Waals surface area contributed by atoms with Crippen molar-refractivity contribution in [1.82, 2.24) is 5.32 Å². The zero-order valence-corrected chi connectivity index (χ0v) is 11.4. The summed E-state index contributed by atoms with van der Waals surface area (Å²) in [7, 11) is 0. The fourth-order valence-corrected chi connectivity index (χ4v) is 2.37. The predicted octanol–water partition coefficient (Wildman–Crippen LogP) is 2.25. The van der Waals surface area contributed by atoms with E-state index in [4.69, 9.17) is 9.15 Å². The molecule has 0 aliphatic carbocycles. The first-order chi connectivity index (χ1) is 9.72. The summed E-state index contributed by atoms with van der Waals surface area (Å²) in [6.07, 6.45) is 0.923. The Balaban J connectivity index is 1.49. The van der Waals surface area contributed by atoms with E-state index in [0.717, 1.165) is 22.8 Å². The van der Waals surface area contributed by atoms with Crippen molar-refractivity contribution in [3.8, 4) is 5.75 Å². The van der Waals surface area contributed by atoms with Gasteiger partial charge in [-0.25, -0.2) is 0 Å². The molecule has 1 atom stereocenters. The normalized spacial score (nSPS) is 16.6. The highest BCUT2D eigenvalue weighted by molar-refractivity contribution is 5.82. The van der Waals surface area contributed by atoms with Crippen LogP contribution in [0.5, 0.6) is 5.75 Å². The molecule has 0 saturated carbocycles. The van der Waals surface area contributed by atoms with Crippen LogP contribution in [0.4, 0.5) is 0 Å². The van der Waals surface area contributed by atoms with Crippen molar-refractivity contribution in [2.45, 2.75) is 25.9 Å². The summed E-state index contributed by atoms with van der Waals surface area (Å²) >= 11 is 0. The molecule has 0 bridgehead atoms. The lowest BCUT2D eigenvalue weighted by molar-refractivity contribution is -0.127. The second kappa shape index (κ2) is 5.41. The largest absolute Gasteiger partial charge is 0.480 e. The van der Waals surface area contributed by atoms with Gasteiger partial charge in [0, 0.05) is 19.4 Å². The first kappa shape index (κ1) is 12.8. The highest BCUT2D eigenvalue weighted by Gasteiger charge is 2.28. The van der Waals surface area contributed by atoms with E-state index >= 15 is 0 Å². The summed E-state index contributed by atoms with van der Waals surface area (Å²) < 4.78 is 11.1. The van der Waals surface area contributed by atoms with Crippen LogP contribution in [-0.2, 0) is 17.6 Å². The molecule has 2 aromatic rings. The number of hydrogen-bond donors (Lipinski definition) is 1.